The Kier molecular flexibility index (Phi) is 10.4. The minimum Gasteiger partial charge on any atom is -0.481 e. The van der Waals surface area contributed by atoms with Gasteiger partial charge in [-0.3, -0.25) is 9.59 Å². The van der Waals surface area contributed by atoms with Crippen LogP contribution in [-0.4, -0.2) is 51.0 Å². The van der Waals surface area contributed by atoms with Gasteiger partial charge in [-0.25, -0.2) is 9.59 Å². The van der Waals surface area contributed by atoms with Crippen LogP contribution in [0, 0.1) is 5.92 Å². The summed E-state index contributed by atoms with van der Waals surface area (Å²) in [7, 11) is 0. The summed E-state index contributed by atoms with van der Waals surface area (Å²) < 4.78 is 4.96. The lowest BCUT2D eigenvalue weighted by Gasteiger charge is -2.23. The molecule has 1 unspecified atom stereocenters. The zero-order valence-electron chi connectivity index (χ0n) is 14.0. The van der Waals surface area contributed by atoms with E-state index in [0.29, 0.717) is 0 Å². The van der Waals surface area contributed by atoms with Crippen molar-refractivity contribution in [3.8, 4) is 0 Å². The average Bonchev–Trinajstić information content (AvgIpc) is 2.31. The first kappa shape index (κ1) is 23.0. The van der Waals surface area contributed by atoms with Gasteiger partial charge in [0.2, 0.25) is 0 Å². The maximum atomic E-state index is 11.3. The number of carbonyl (C=O) groups is 4. The standard InChI is InChI=1S/C10H19NO4.C4H6O4/c1-6(2)7(8(12)13)11-9(14)15-10(3,4)5;5-3(6)1-2-4(7)8/h6-7H,1-5H3,(H,11,14)(H,12,13);1-2H2,(H,5,6)(H,7,8). The van der Waals surface area contributed by atoms with Crippen LogP contribution in [0.4, 0.5) is 4.79 Å². The van der Waals surface area contributed by atoms with Crippen LogP contribution >= 0.6 is 0 Å². The number of nitrogens with one attached hydrogen (secondary N) is 1. The Labute approximate surface area is 134 Å². The number of rotatable bonds is 6. The van der Waals surface area contributed by atoms with Gasteiger partial charge in [0.1, 0.15) is 11.6 Å². The smallest absolute Gasteiger partial charge is 0.408 e. The summed E-state index contributed by atoms with van der Waals surface area (Å²) >= 11 is 0. The summed E-state index contributed by atoms with van der Waals surface area (Å²) in [6.45, 7) is 8.60. The molecule has 0 aliphatic heterocycles. The van der Waals surface area contributed by atoms with Gasteiger partial charge in [0.05, 0.1) is 12.8 Å². The molecule has 0 aromatic rings. The first-order valence-electron chi connectivity index (χ1n) is 6.92. The van der Waals surface area contributed by atoms with E-state index in [2.05, 4.69) is 5.32 Å². The Morgan fingerprint density at radius 2 is 1.35 bits per heavy atom. The molecule has 0 bridgehead atoms. The average molecular weight is 335 g/mol. The second-order valence-electron chi connectivity index (χ2n) is 5.99. The van der Waals surface area contributed by atoms with E-state index in [-0.39, 0.29) is 18.8 Å². The van der Waals surface area contributed by atoms with E-state index in [1.165, 1.54) is 0 Å². The molecule has 0 radical (unpaired) electrons. The van der Waals surface area contributed by atoms with Gasteiger partial charge < -0.3 is 25.4 Å². The fourth-order valence-corrected chi connectivity index (χ4v) is 1.16. The van der Waals surface area contributed by atoms with Gasteiger partial charge in [0.15, 0.2) is 0 Å². The Bertz CT molecular complexity index is 411. The predicted octanol–water partition coefficient (Wildman–Crippen LogP) is 1.56. The van der Waals surface area contributed by atoms with E-state index in [0.717, 1.165) is 0 Å². The Balaban J connectivity index is 0. The summed E-state index contributed by atoms with van der Waals surface area (Å²) in [5.74, 6) is -3.40. The molecule has 9 heteroatoms. The van der Waals surface area contributed by atoms with Crippen molar-refractivity contribution in [2.45, 2.75) is 59.1 Å². The normalized spacial score (nSPS) is 11.7. The third-order valence-electron chi connectivity index (χ3n) is 2.16. The topological polar surface area (TPSA) is 150 Å². The summed E-state index contributed by atoms with van der Waals surface area (Å²) in [4.78, 5) is 41.3. The highest BCUT2D eigenvalue weighted by Crippen LogP contribution is 2.08. The van der Waals surface area contributed by atoms with E-state index in [4.69, 9.17) is 20.1 Å². The van der Waals surface area contributed by atoms with Gasteiger partial charge >= 0.3 is 24.0 Å². The van der Waals surface area contributed by atoms with Crippen LogP contribution in [0.25, 0.3) is 0 Å². The molecule has 0 aliphatic rings. The molecule has 9 nitrogen and oxygen atoms in total. The maximum absolute atomic E-state index is 11.3. The summed E-state index contributed by atoms with van der Waals surface area (Å²) in [5, 5.41) is 26.9. The van der Waals surface area contributed by atoms with Crippen molar-refractivity contribution in [3.63, 3.8) is 0 Å². The summed E-state index contributed by atoms with van der Waals surface area (Å²) in [6, 6.07) is -0.917. The molecular formula is C14H25NO8. The van der Waals surface area contributed by atoms with Gasteiger partial charge in [0.25, 0.3) is 0 Å². The maximum Gasteiger partial charge on any atom is 0.408 e. The number of alkyl carbamates (subject to hydrolysis) is 1. The number of amides is 1. The second-order valence-corrected chi connectivity index (χ2v) is 5.99. The van der Waals surface area contributed by atoms with Crippen LogP contribution in [0.3, 0.4) is 0 Å². The third kappa shape index (κ3) is 15.9. The van der Waals surface area contributed by atoms with Crippen LogP contribution in [0.15, 0.2) is 0 Å². The molecule has 1 atom stereocenters. The van der Waals surface area contributed by atoms with Crippen LogP contribution in [-0.2, 0) is 19.1 Å². The molecule has 0 aromatic heterocycles. The van der Waals surface area contributed by atoms with Crippen LogP contribution in [0.5, 0.6) is 0 Å². The minimum absolute atomic E-state index is 0.185. The molecule has 0 rings (SSSR count). The molecule has 0 saturated heterocycles. The van der Waals surface area contributed by atoms with Crippen molar-refractivity contribution in [3.05, 3.63) is 0 Å². The molecule has 0 heterocycles. The Morgan fingerprint density at radius 1 is 0.957 bits per heavy atom. The van der Waals surface area contributed by atoms with Gasteiger partial charge in [0, 0.05) is 0 Å². The zero-order valence-corrected chi connectivity index (χ0v) is 14.0. The molecule has 23 heavy (non-hydrogen) atoms. The van der Waals surface area contributed by atoms with Gasteiger partial charge in [-0.05, 0) is 26.7 Å². The monoisotopic (exact) mass is 335 g/mol. The number of carboxylic acids is 3. The Hall–Kier alpha value is -2.32. The number of ether oxygens (including phenoxy) is 1. The molecule has 4 N–H and O–H groups in total. The van der Waals surface area contributed by atoms with Crippen molar-refractivity contribution in [1.29, 1.82) is 0 Å². The van der Waals surface area contributed by atoms with E-state index in [1.54, 1.807) is 34.6 Å². The van der Waals surface area contributed by atoms with Crippen molar-refractivity contribution in [2.24, 2.45) is 5.92 Å². The lowest BCUT2D eigenvalue weighted by atomic mass is 10.1. The molecule has 0 aliphatic carbocycles. The number of aliphatic carboxylic acids is 3. The highest BCUT2D eigenvalue weighted by molar-refractivity contribution is 5.80. The van der Waals surface area contributed by atoms with Gasteiger partial charge in [-0.15, -0.1) is 0 Å². The first-order valence-corrected chi connectivity index (χ1v) is 6.92. The third-order valence-corrected chi connectivity index (χ3v) is 2.16. The highest BCUT2D eigenvalue weighted by atomic mass is 16.6. The fourth-order valence-electron chi connectivity index (χ4n) is 1.16. The van der Waals surface area contributed by atoms with E-state index < -0.39 is 35.6 Å². The minimum atomic E-state index is -1.08. The predicted molar refractivity (Wildman–Crippen MR) is 80.1 cm³/mol. The Morgan fingerprint density at radius 3 is 1.57 bits per heavy atom. The number of hydrogen-bond acceptors (Lipinski definition) is 5. The molecule has 0 spiro atoms. The molecule has 0 fully saturated rings. The van der Waals surface area contributed by atoms with Crippen LogP contribution in [0.2, 0.25) is 0 Å². The second kappa shape index (κ2) is 10.4. The molecular weight excluding hydrogens is 310 g/mol. The lowest BCUT2D eigenvalue weighted by Crippen LogP contribution is -2.46. The molecule has 134 valence electrons. The molecule has 0 aromatic carbocycles. The number of hydrogen-bond donors (Lipinski definition) is 4. The van der Waals surface area contributed by atoms with E-state index in [1.807, 2.05) is 0 Å². The summed E-state index contributed by atoms with van der Waals surface area (Å²) in [5.41, 5.74) is -0.621. The fraction of sp³-hybridized carbons (Fsp3) is 0.714. The van der Waals surface area contributed by atoms with Crippen LogP contribution < -0.4 is 5.32 Å². The number of carboxylic acid groups (broad SMARTS) is 3. The largest absolute Gasteiger partial charge is 0.481 e. The van der Waals surface area contributed by atoms with Crippen molar-refractivity contribution >= 4 is 24.0 Å². The van der Waals surface area contributed by atoms with E-state index in [9.17, 15) is 19.2 Å². The highest BCUT2D eigenvalue weighted by Gasteiger charge is 2.26. The van der Waals surface area contributed by atoms with Crippen molar-refractivity contribution < 1.29 is 39.2 Å². The lowest BCUT2D eigenvalue weighted by molar-refractivity contribution is -0.143. The summed E-state index contributed by atoms with van der Waals surface area (Å²) in [6.07, 6.45) is -1.30. The van der Waals surface area contributed by atoms with Crippen LogP contribution in [0.1, 0.15) is 47.5 Å². The zero-order chi connectivity index (χ0) is 18.8. The molecule has 0 saturated carbocycles. The number of carbonyl (C=O) groups excluding carboxylic acids is 1. The SMILES string of the molecule is CC(C)C(NC(=O)OC(C)(C)C)C(=O)O.O=C(O)CCC(=O)O. The quantitative estimate of drug-likeness (QED) is 0.571. The van der Waals surface area contributed by atoms with Crippen molar-refractivity contribution in [1.82, 2.24) is 5.32 Å². The van der Waals surface area contributed by atoms with Gasteiger partial charge in [-0.1, -0.05) is 13.8 Å². The first-order chi connectivity index (χ1) is 10.3. The van der Waals surface area contributed by atoms with Gasteiger partial charge in [-0.2, -0.15) is 0 Å². The van der Waals surface area contributed by atoms with E-state index >= 15 is 0 Å². The molecule has 1 amide bonds. The van der Waals surface area contributed by atoms with Crippen molar-refractivity contribution in [2.75, 3.05) is 0 Å².